The van der Waals surface area contributed by atoms with Crippen LogP contribution in [0.25, 0.3) is 11.0 Å². The summed E-state index contributed by atoms with van der Waals surface area (Å²) in [5.74, 6) is 0.660. The van der Waals surface area contributed by atoms with Crippen LogP contribution < -0.4 is 5.56 Å². The van der Waals surface area contributed by atoms with Crippen molar-refractivity contribution in [3.8, 4) is 0 Å². The lowest BCUT2D eigenvalue weighted by Crippen LogP contribution is -2.29. The van der Waals surface area contributed by atoms with Crippen molar-refractivity contribution in [2.75, 3.05) is 6.54 Å². The number of H-pyrrole nitrogens is 1. The second kappa shape index (κ2) is 6.29. The highest BCUT2D eigenvalue weighted by Gasteiger charge is 2.27. The van der Waals surface area contributed by atoms with Crippen molar-refractivity contribution in [1.82, 2.24) is 24.6 Å². The monoisotopic (exact) mass is 335 g/mol. The first kappa shape index (κ1) is 15.8. The van der Waals surface area contributed by atoms with Crippen molar-refractivity contribution in [2.45, 2.75) is 25.4 Å². The molecule has 6 heteroatoms. The Bertz CT molecular complexity index is 987. The van der Waals surface area contributed by atoms with Gasteiger partial charge in [-0.05, 0) is 24.0 Å². The molecular formula is C19H21N5O. The van der Waals surface area contributed by atoms with Crippen LogP contribution in [0.3, 0.4) is 0 Å². The Balaban J connectivity index is 1.68. The fraction of sp³-hybridized carbons (Fsp3) is 0.316. The number of aromatic amines is 1. The lowest BCUT2D eigenvalue weighted by molar-refractivity contribution is 0.204. The van der Waals surface area contributed by atoms with Crippen LogP contribution >= 0.6 is 0 Å². The first-order valence-corrected chi connectivity index (χ1v) is 8.51. The van der Waals surface area contributed by atoms with Crippen LogP contribution in [0, 0.1) is 0 Å². The molecule has 0 amide bonds. The highest BCUT2D eigenvalue weighted by atomic mass is 16.1. The van der Waals surface area contributed by atoms with Gasteiger partial charge in [-0.2, -0.15) is 5.10 Å². The molecule has 0 bridgehead atoms. The largest absolute Gasteiger partial charge is 0.309 e. The summed E-state index contributed by atoms with van der Waals surface area (Å²) in [6.07, 6.45) is 5.62. The average molecular weight is 335 g/mol. The molecule has 0 saturated heterocycles. The molecule has 0 saturated carbocycles. The Kier molecular flexibility index (Phi) is 3.97. The fourth-order valence-electron chi connectivity index (χ4n) is 3.73. The SMILES string of the molecule is C=CCN(Cc1nc2c(cnn2C)c(=O)[nH]1)[C@H]1CCc2ccccc21. The van der Waals surface area contributed by atoms with Gasteiger partial charge < -0.3 is 4.98 Å². The molecule has 0 spiro atoms. The number of aryl methyl sites for hydroxylation is 2. The average Bonchev–Trinajstić information content (AvgIpc) is 3.19. The molecule has 1 aromatic carbocycles. The van der Waals surface area contributed by atoms with Gasteiger partial charge in [0.1, 0.15) is 11.2 Å². The highest BCUT2D eigenvalue weighted by molar-refractivity contribution is 5.72. The van der Waals surface area contributed by atoms with Gasteiger partial charge >= 0.3 is 0 Å². The number of nitrogens with one attached hydrogen (secondary N) is 1. The van der Waals surface area contributed by atoms with E-state index < -0.39 is 0 Å². The van der Waals surface area contributed by atoms with Gasteiger partial charge in [-0.1, -0.05) is 30.3 Å². The maximum atomic E-state index is 12.3. The van der Waals surface area contributed by atoms with Gasteiger partial charge in [-0.15, -0.1) is 6.58 Å². The van der Waals surface area contributed by atoms with E-state index in [2.05, 4.69) is 50.8 Å². The lowest BCUT2D eigenvalue weighted by atomic mass is 10.1. The van der Waals surface area contributed by atoms with Crippen LogP contribution in [-0.4, -0.2) is 31.2 Å². The third-order valence-corrected chi connectivity index (χ3v) is 4.91. The van der Waals surface area contributed by atoms with Crippen molar-refractivity contribution in [3.05, 3.63) is 70.4 Å². The maximum absolute atomic E-state index is 12.3. The van der Waals surface area contributed by atoms with Crippen molar-refractivity contribution >= 4 is 11.0 Å². The first-order valence-electron chi connectivity index (χ1n) is 8.51. The van der Waals surface area contributed by atoms with Gasteiger partial charge in [0.25, 0.3) is 5.56 Å². The smallest absolute Gasteiger partial charge is 0.262 e. The second-order valence-electron chi connectivity index (χ2n) is 6.49. The first-order chi connectivity index (χ1) is 12.2. The van der Waals surface area contributed by atoms with Gasteiger partial charge in [-0.3, -0.25) is 14.4 Å². The van der Waals surface area contributed by atoms with Crippen molar-refractivity contribution in [1.29, 1.82) is 0 Å². The summed E-state index contributed by atoms with van der Waals surface area (Å²) in [4.78, 5) is 22.1. The minimum atomic E-state index is -0.140. The van der Waals surface area contributed by atoms with Crippen LogP contribution in [0.2, 0.25) is 0 Å². The molecule has 0 fully saturated rings. The van der Waals surface area contributed by atoms with Gasteiger partial charge in [0.05, 0.1) is 12.7 Å². The Labute approximate surface area is 145 Å². The molecule has 0 aliphatic heterocycles. The maximum Gasteiger partial charge on any atom is 0.262 e. The third-order valence-electron chi connectivity index (χ3n) is 4.91. The zero-order chi connectivity index (χ0) is 17.4. The van der Waals surface area contributed by atoms with Gasteiger partial charge in [0.15, 0.2) is 5.65 Å². The summed E-state index contributed by atoms with van der Waals surface area (Å²) in [5.41, 5.74) is 3.25. The third kappa shape index (κ3) is 2.78. The number of aromatic nitrogens is 4. The van der Waals surface area contributed by atoms with Crippen LogP contribution in [0.5, 0.6) is 0 Å². The number of hydrogen-bond acceptors (Lipinski definition) is 4. The predicted molar refractivity (Wildman–Crippen MR) is 97.2 cm³/mol. The van der Waals surface area contributed by atoms with E-state index in [1.807, 2.05) is 6.08 Å². The molecule has 1 aliphatic rings. The Morgan fingerprint density at radius 2 is 2.28 bits per heavy atom. The standard InChI is InChI=1S/C19H21N5O/c1-3-10-24(16-9-8-13-6-4-5-7-14(13)16)12-17-21-18-15(19(25)22-17)11-20-23(18)2/h3-7,11,16H,1,8-10,12H2,2H3,(H,21,22,25)/t16-/m0/s1. The molecule has 1 aliphatic carbocycles. The number of fused-ring (bicyclic) bond motifs is 2. The van der Waals surface area contributed by atoms with Crippen LogP contribution in [0.4, 0.5) is 0 Å². The molecule has 1 N–H and O–H groups in total. The van der Waals surface area contributed by atoms with Crippen LogP contribution in [-0.2, 0) is 20.0 Å². The van der Waals surface area contributed by atoms with Crippen molar-refractivity contribution in [3.63, 3.8) is 0 Å². The molecule has 4 rings (SSSR count). The predicted octanol–water partition coefficient (Wildman–Crippen LogP) is 2.33. The van der Waals surface area contributed by atoms with Gasteiger partial charge in [-0.25, -0.2) is 4.98 Å². The molecular weight excluding hydrogens is 314 g/mol. The number of benzene rings is 1. The van der Waals surface area contributed by atoms with Gasteiger partial charge in [0, 0.05) is 19.6 Å². The van der Waals surface area contributed by atoms with E-state index in [0.29, 0.717) is 29.4 Å². The number of nitrogens with zero attached hydrogens (tertiary/aromatic N) is 4. The normalized spacial score (nSPS) is 16.5. The van der Waals surface area contributed by atoms with E-state index in [-0.39, 0.29) is 5.56 Å². The second-order valence-corrected chi connectivity index (χ2v) is 6.49. The number of hydrogen-bond donors (Lipinski definition) is 1. The zero-order valence-corrected chi connectivity index (χ0v) is 14.3. The van der Waals surface area contributed by atoms with Crippen LogP contribution in [0.15, 0.2) is 47.9 Å². The fourth-order valence-corrected chi connectivity index (χ4v) is 3.73. The van der Waals surface area contributed by atoms with E-state index >= 15 is 0 Å². The van der Waals surface area contributed by atoms with Crippen molar-refractivity contribution < 1.29 is 0 Å². The Morgan fingerprint density at radius 1 is 1.44 bits per heavy atom. The molecule has 128 valence electrons. The summed E-state index contributed by atoms with van der Waals surface area (Å²) >= 11 is 0. The number of rotatable bonds is 5. The van der Waals surface area contributed by atoms with E-state index in [4.69, 9.17) is 0 Å². The molecule has 3 aromatic rings. The lowest BCUT2D eigenvalue weighted by Gasteiger charge is -2.28. The summed E-state index contributed by atoms with van der Waals surface area (Å²) in [7, 11) is 1.80. The summed E-state index contributed by atoms with van der Waals surface area (Å²) < 4.78 is 1.64. The molecule has 0 unspecified atom stereocenters. The van der Waals surface area contributed by atoms with E-state index in [9.17, 15) is 4.79 Å². The molecule has 1 atom stereocenters. The quantitative estimate of drug-likeness (QED) is 0.727. The zero-order valence-electron chi connectivity index (χ0n) is 14.3. The van der Waals surface area contributed by atoms with E-state index in [1.54, 1.807) is 17.9 Å². The Morgan fingerprint density at radius 3 is 3.12 bits per heavy atom. The van der Waals surface area contributed by atoms with Crippen LogP contribution in [0.1, 0.15) is 29.4 Å². The molecule has 25 heavy (non-hydrogen) atoms. The summed E-state index contributed by atoms with van der Waals surface area (Å²) in [6, 6.07) is 8.90. The topological polar surface area (TPSA) is 66.8 Å². The van der Waals surface area contributed by atoms with Crippen molar-refractivity contribution in [2.24, 2.45) is 7.05 Å². The summed E-state index contributed by atoms with van der Waals surface area (Å²) in [5, 5.41) is 4.65. The Hall–Kier alpha value is -2.73. The molecule has 2 aromatic heterocycles. The van der Waals surface area contributed by atoms with Gasteiger partial charge in [0.2, 0.25) is 0 Å². The molecule has 0 radical (unpaired) electrons. The minimum absolute atomic E-state index is 0.140. The molecule has 2 heterocycles. The molecule has 6 nitrogen and oxygen atoms in total. The van der Waals surface area contributed by atoms with E-state index in [0.717, 1.165) is 19.4 Å². The highest BCUT2D eigenvalue weighted by Crippen LogP contribution is 2.36. The summed E-state index contributed by atoms with van der Waals surface area (Å²) in [6.45, 7) is 5.21. The van der Waals surface area contributed by atoms with E-state index in [1.165, 1.54) is 11.1 Å². The minimum Gasteiger partial charge on any atom is -0.309 e.